The Hall–Kier alpha value is -3.02. The number of nitrogens with zero attached hydrogens (tertiary/aromatic N) is 1. The number of H-pyrrole nitrogens is 1. The van der Waals surface area contributed by atoms with Crippen molar-refractivity contribution in [1.82, 2.24) is 15.3 Å². The van der Waals surface area contributed by atoms with Crippen molar-refractivity contribution in [2.45, 2.75) is 13.3 Å². The summed E-state index contributed by atoms with van der Waals surface area (Å²) in [5.74, 6) is 2.36. The standard InChI is InChI=1S/C19H21N3O3/c1-13-21-17-8-3-14(11-18(17)22-13)12-19(23)20-9-10-25-16-6-4-15(24-2)5-7-16/h3-8,11H,9-10,12H2,1-2H3,(H,20,23)(H,21,22). The highest BCUT2D eigenvalue weighted by Gasteiger charge is 2.06. The van der Waals surface area contributed by atoms with E-state index in [-0.39, 0.29) is 5.91 Å². The number of rotatable bonds is 7. The van der Waals surface area contributed by atoms with E-state index in [2.05, 4.69) is 15.3 Å². The minimum Gasteiger partial charge on any atom is -0.497 e. The number of hydrogen-bond donors (Lipinski definition) is 2. The van der Waals surface area contributed by atoms with E-state index in [1.807, 2.05) is 49.4 Å². The maximum absolute atomic E-state index is 12.0. The van der Waals surface area contributed by atoms with E-state index >= 15 is 0 Å². The average Bonchev–Trinajstić information content (AvgIpc) is 2.98. The number of aryl methyl sites for hydroxylation is 1. The van der Waals surface area contributed by atoms with Gasteiger partial charge in [-0.25, -0.2) is 4.98 Å². The van der Waals surface area contributed by atoms with Crippen LogP contribution in [0.4, 0.5) is 0 Å². The number of benzene rings is 2. The molecule has 1 heterocycles. The second-order valence-electron chi connectivity index (χ2n) is 5.72. The highest BCUT2D eigenvalue weighted by Crippen LogP contribution is 2.17. The van der Waals surface area contributed by atoms with Crippen LogP contribution < -0.4 is 14.8 Å². The molecule has 0 saturated heterocycles. The maximum Gasteiger partial charge on any atom is 0.224 e. The number of amides is 1. The van der Waals surface area contributed by atoms with E-state index in [9.17, 15) is 4.79 Å². The van der Waals surface area contributed by atoms with E-state index in [1.165, 1.54) is 0 Å². The van der Waals surface area contributed by atoms with E-state index in [0.29, 0.717) is 19.6 Å². The van der Waals surface area contributed by atoms with Gasteiger partial charge in [-0.3, -0.25) is 4.79 Å². The number of ether oxygens (including phenoxy) is 2. The van der Waals surface area contributed by atoms with Crippen LogP contribution in [0.3, 0.4) is 0 Å². The molecule has 6 nitrogen and oxygen atoms in total. The monoisotopic (exact) mass is 339 g/mol. The van der Waals surface area contributed by atoms with Gasteiger partial charge in [-0.05, 0) is 48.9 Å². The van der Waals surface area contributed by atoms with E-state index < -0.39 is 0 Å². The molecule has 6 heteroatoms. The van der Waals surface area contributed by atoms with Crippen LogP contribution in [0.5, 0.6) is 11.5 Å². The highest BCUT2D eigenvalue weighted by molar-refractivity contribution is 5.81. The van der Waals surface area contributed by atoms with Crippen LogP contribution in [-0.4, -0.2) is 36.1 Å². The molecule has 0 aliphatic carbocycles. The maximum atomic E-state index is 12.0. The van der Waals surface area contributed by atoms with Crippen molar-refractivity contribution in [3.05, 3.63) is 53.9 Å². The third-order valence-corrected chi connectivity index (χ3v) is 3.78. The van der Waals surface area contributed by atoms with Gasteiger partial charge in [-0.1, -0.05) is 6.07 Å². The number of carbonyl (C=O) groups excluding carboxylic acids is 1. The van der Waals surface area contributed by atoms with Gasteiger partial charge in [-0.15, -0.1) is 0 Å². The molecule has 3 rings (SSSR count). The summed E-state index contributed by atoms with van der Waals surface area (Å²) < 4.78 is 10.7. The molecule has 130 valence electrons. The smallest absolute Gasteiger partial charge is 0.224 e. The van der Waals surface area contributed by atoms with Crippen LogP contribution in [0.2, 0.25) is 0 Å². The Balaban J connectivity index is 1.43. The van der Waals surface area contributed by atoms with Gasteiger partial charge >= 0.3 is 0 Å². The highest BCUT2D eigenvalue weighted by atomic mass is 16.5. The Labute approximate surface area is 146 Å². The van der Waals surface area contributed by atoms with Crippen molar-refractivity contribution in [1.29, 1.82) is 0 Å². The zero-order chi connectivity index (χ0) is 17.6. The number of aromatic amines is 1. The molecule has 2 N–H and O–H groups in total. The predicted octanol–water partition coefficient (Wildman–Crippen LogP) is 2.62. The molecule has 1 amide bonds. The fraction of sp³-hybridized carbons (Fsp3) is 0.263. The summed E-state index contributed by atoms with van der Waals surface area (Å²) in [6.45, 7) is 2.78. The Bertz CT molecular complexity index is 856. The molecule has 0 atom stereocenters. The van der Waals surface area contributed by atoms with Gasteiger partial charge in [0.2, 0.25) is 5.91 Å². The van der Waals surface area contributed by atoms with Gasteiger partial charge in [0, 0.05) is 0 Å². The lowest BCUT2D eigenvalue weighted by Gasteiger charge is -2.08. The van der Waals surface area contributed by atoms with Crippen LogP contribution in [-0.2, 0) is 11.2 Å². The summed E-state index contributed by atoms with van der Waals surface area (Å²) in [6, 6.07) is 13.2. The van der Waals surface area contributed by atoms with Gasteiger partial charge in [0.05, 0.1) is 31.1 Å². The summed E-state index contributed by atoms with van der Waals surface area (Å²) in [5, 5.41) is 2.86. The molecule has 0 unspecified atom stereocenters. The molecule has 0 aliphatic heterocycles. The molecule has 0 spiro atoms. The summed E-state index contributed by atoms with van der Waals surface area (Å²) in [6.07, 6.45) is 0.330. The van der Waals surface area contributed by atoms with Gasteiger partial charge < -0.3 is 19.8 Å². The minimum absolute atomic E-state index is 0.0334. The fourth-order valence-electron chi connectivity index (χ4n) is 2.57. The molecule has 0 bridgehead atoms. The summed E-state index contributed by atoms with van der Waals surface area (Å²) in [7, 11) is 1.62. The predicted molar refractivity (Wildman–Crippen MR) is 96.0 cm³/mol. The number of hydrogen-bond acceptors (Lipinski definition) is 4. The Morgan fingerprint density at radius 3 is 2.68 bits per heavy atom. The van der Waals surface area contributed by atoms with Crippen LogP contribution in [0, 0.1) is 6.92 Å². The second-order valence-corrected chi connectivity index (χ2v) is 5.72. The second kappa shape index (κ2) is 7.70. The van der Waals surface area contributed by atoms with Gasteiger partial charge in [0.15, 0.2) is 0 Å². The molecule has 0 radical (unpaired) electrons. The molecule has 1 aromatic heterocycles. The zero-order valence-corrected chi connectivity index (χ0v) is 14.3. The topological polar surface area (TPSA) is 76.2 Å². The first kappa shape index (κ1) is 16.8. The van der Waals surface area contributed by atoms with Crippen molar-refractivity contribution >= 4 is 16.9 Å². The zero-order valence-electron chi connectivity index (χ0n) is 14.3. The first-order valence-corrected chi connectivity index (χ1v) is 8.13. The SMILES string of the molecule is COc1ccc(OCCNC(=O)Cc2ccc3nc(C)[nH]c3c2)cc1. The summed E-state index contributed by atoms with van der Waals surface area (Å²) in [4.78, 5) is 19.6. The van der Waals surface area contributed by atoms with Crippen molar-refractivity contribution in [3.63, 3.8) is 0 Å². The van der Waals surface area contributed by atoms with Crippen molar-refractivity contribution in [3.8, 4) is 11.5 Å². The third kappa shape index (κ3) is 4.50. The normalized spacial score (nSPS) is 10.6. The Morgan fingerprint density at radius 2 is 1.92 bits per heavy atom. The van der Waals surface area contributed by atoms with Gasteiger partial charge in [0.1, 0.15) is 23.9 Å². The Morgan fingerprint density at radius 1 is 1.16 bits per heavy atom. The van der Waals surface area contributed by atoms with Crippen molar-refractivity contribution < 1.29 is 14.3 Å². The third-order valence-electron chi connectivity index (χ3n) is 3.78. The Kier molecular flexibility index (Phi) is 5.18. The lowest BCUT2D eigenvalue weighted by molar-refractivity contribution is -0.120. The number of imidazole rings is 1. The molecule has 2 aromatic carbocycles. The average molecular weight is 339 g/mol. The lowest BCUT2D eigenvalue weighted by Crippen LogP contribution is -2.29. The van der Waals surface area contributed by atoms with Crippen LogP contribution in [0.15, 0.2) is 42.5 Å². The molecular weight excluding hydrogens is 318 g/mol. The first-order chi connectivity index (χ1) is 12.1. The van der Waals surface area contributed by atoms with Crippen LogP contribution >= 0.6 is 0 Å². The minimum atomic E-state index is -0.0334. The number of aromatic nitrogens is 2. The van der Waals surface area contributed by atoms with Crippen molar-refractivity contribution in [2.75, 3.05) is 20.3 Å². The first-order valence-electron chi connectivity index (χ1n) is 8.13. The fourth-order valence-corrected chi connectivity index (χ4v) is 2.57. The number of carbonyl (C=O) groups is 1. The number of fused-ring (bicyclic) bond motifs is 1. The molecule has 0 aliphatic rings. The van der Waals surface area contributed by atoms with Gasteiger partial charge in [-0.2, -0.15) is 0 Å². The number of methoxy groups -OCH3 is 1. The van der Waals surface area contributed by atoms with Crippen LogP contribution in [0.1, 0.15) is 11.4 Å². The van der Waals surface area contributed by atoms with Crippen LogP contribution in [0.25, 0.3) is 11.0 Å². The lowest BCUT2D eigenvalue weighted by atomic mass is 10.1. The number of nitrogens with one attached hydrogen (secondary N) is 2. The van der Waals surface area contributed by atoms with E-state index in [1.54, 1.807) is 7.11 Å². The molecule has 3 aromatic rings. The van der Waals surface area contributed by atoms with E-state index in [4.69, 9.17) is 9.47 Å². The molecule has 0 fully saturated rings. The molecule has 25 heavy (non-hydrogen) atoms. The molecular formula is C19H21N3O3. The summed E-state index contributed by atoms with van der Waals surface area (Å²) in [5.41, 5.74) is 2.81. The molecule has 0 saturated carbocycles. The van der Waals surface area contributed by atoms with Crippen molar-refractivity contribution in [2.24, 2.45) is 0 Å². The van der Waals surface area contributed by atoms with Gasteiger partial charge in [0.25, 0.3) is 0 Å². The summed E-state index contributed by atoms with van der Waals surface area (Å²) >= 11 is 0. The quantitative estimate of drug-likeness (QED) is 0.649. The largest absolute Gasteiger partial charge is 0.497 e. The van der Waals surface area contributed by atoms with E-state index in [0.717, 1.165) is 33.9 Å².